The van der Waals surface area contributed by atoms with E-state index in [1.165, 1.54) is 24.3 Å². The number of rotatable bonds is 7. The molecule has 2 aromatic carbocycles. The predicted molar refractivity (Wildman–Crippen MR) is 82.7 cm³/mol. The van der Waals surface area contributed by atoms with Crippen LogP contribution in [-0.2, 0) is 24.5 Å². The molecule has 2 rings (SSSR count). The second-order valence-electron chi connectivity index (χ2n) is 4.46. The van der Waals surface area contributed by atoms with Gasteiger partial charge in [0, 0.05) is 5.56 Å². The zero-order valence-electron chi connectivity index (χ0n) is 12.3. The van der Waals surface area contributed by atoms with Gasteiger partial charge in [-0.05, 0) is 29.2 Å². The van der Waals surface area contributed by atoms with Gasteiger partial charge in [-0.1, -0.05) is 36.4 Å². The summed E-state index contributed by atoms with van der Waals surface area (Å²) in [7, 11) is -3.98. The monoisotopic (exact) mass is 350 g/mol. The summed E-state index contributed by atoms with van der Waals surface area (Å²) in [4.78, 5) is 33.7. The lowest BCUT2D eigenvalue weighted by Crippen LogP contribution is -2.32. The maximum Gasteiger partial charge on any atom is 0.354 e. The molecular formula is C15H14N2O6S. The number of hydrogen-bond acceptors (Lipinski definition) is 6. The van der Waals surface area contributed by atoms with Gasteiger partial charge in [0.15, 0.2) is 6.61 Å². The summed E-state index contributed by atoms with van der Waals surface area (Å²) in [6.45, 7) is -0.671. The lowest BCUT2D eigenvalue weighted by molar-refractivity contribution is -0.154. The van der Waals surface area contributed by atoms with Gasteiger partial charge < -0.3 is 4.84 Å². The van der Waals surface area contributed by atoms with E-state index >= 15 is 0 Å². The number of hydroxylamine groups is 1. The van der Waals surface area contributed by atoms with Crippen molar-refractivity contribution in [3.05, 3.63) is 66.2 Å². The van der Waals surface area contributed by atoms with Crippen molar-refractivity contribution in [1.29, 1.82) is 0 Å². The van der Waals surface area contributed by atoms with E-state index in [0.29, 0.717) is 5.56 Å². The van der Waals surface area contributed by atoms with Crippen LogP contribution in [0.3, 0.4) is 0 Å². The van der Waals surface area contributed by atoms with E-state index in [0.717, 1.165) is 0 Å². The first-order valence-electron chi connectivity index (χ1n) is 6.73. The number of amides is 1. The van der Waals surface area contributed by atoms with Crippen molar-refractivity contribution in [2.45, 2.75) is 4.90 Å². The number of nitrogens with one attached hydrogen (secondary N) is 2. The van der Waals surface area contributed by atoms with E-state index in [1.54, 1.807) is 41.3 Å². The number of sulfonamides is 1. The third-order valence-electron chi connectivity index (χ3n) is 2.71. The molecule has 2 N–H and O–H groups in total. The van der Waals surface area contributed by atoms with Crippen LogP contribution in [-0.4, -0.2) is 26.9 Å². The van der Waals surface area contributed by atoms with Crippen molar-refractivity contribution in [2.24, 2.45) is 0 Å². The molecule has 9 heteroatoms. The molecule has 24 heavy (non-hydrogen) atoms. The molecule has 0 unspecified atom stereocenters. The lowest BCUT2D eigenvalue weighted by atomic mass is 10.2. The molecule has 0 fully saturated rings. The fraction of sp³-hybridized carbons (Fsp3) is 0.0667. The van der Waals surface area contributed by atoms with Gasteiger partial charge in [0.05, 0.1) is 4.90 Å². The highest BCUT2D eigenvalue weighted by atomic mass is 32.2. The van der Waals surface area contributed by atoms with E-state index in [9.17, 15) is 18.0 Å². The van der Waals surface area contributed by atoms with Gasteiger partial charge in [0.2, 0.25) is 0 Å². The van der Waals surface area contributed by atoms with Gasteiger partial charge in [-0.15, -0.1) is 0 Å². The number of carbonyl (C=O) groups excluding carboxylic acids is 2. The minimum Gasteiger partial charge on any atom is -0.353 e. The zero-order chi connectivity index (χ0) is 17.4. The molecule has 0 saturated heterocycles. The average molecular weight is 350 g/mol. The van der Waals surface area contributed by atoms with Crippen LogP contribution in [0.1, 0.15) is 10.4 Å². The topological polar surface area (TPSA) is 111 Å². The Morgan fingerprint density at radius 1 is 0.917 bits per heavy atom. The molecule has 0 saturated carbocycles. The molecule has 0 heterocycles. The first-order valence-corrected chi connectivity index (χ1v) is 8.21. The van der Waals surface area contributed by atoms with Gasteiger partial charge in [-0.2, -0.15) is 0 Å². The van der Waals surface area contributed by atoms with Crippen molar-refractivity contribution in [3.63, 3.8) is 0 Å². The first-order chi connectivity index (χ1) is 11.5. The molecule has 0 aliphatic carbocycles. The minimum absolute atomic E-state index is 0.0592. The maximum absolute atomic E-state index is 11.8. The SMILES string of the molecule is O=C(CONC(=O)c1ccccc1)ONS(=O)(=O)c1ccccc1. The summed E-state index contributed by atoms with van der Waals surface area (Å²) in [5, 5.41) is 0. The van der Waals surface area contributed by atoms with E-state index in [1.807, 2.05) is 5.48 Å². The summed E-state index contributed by atoms with van der Waals surface area (Å²) < 4.78 is 23.6. The maximum atomic E-state index is 11.8. The molecule has 2 aromatic rings. The second-order valence-corrected chi connectivity index (χ2v) is 6.10. The van der Waals surface area contributed by atoms with E-state index in [4.69, 9.17) is 0 Å². The summed E-state index contributed by atoms with van der Waals surface area (Å²) in [6, 6.07) is 15.6. The Kier molecular flexibility index (Phi) is 6.01. The lowest BCUT2D eigenvalue weighted by Gasteiger charge is -2.08. The van der Waals surface area contributed by atoms with Gasteiger partial charge in [-0.25, -0.2) is 18.7 Å². The van der Waals surface area contributed by atoms with Crippen LogP contribution in [0.2, 0.25) is 0 Å². The molecule has 0 aliphatic rings. The van der Waals surface area contributed by atoms with Crippen molar-refractivity contribution < 1.29 is 27.7 Å². The minimum atomic E-state index is -3.98. The summed E-state index contributed by atoms with van der Waals surface area (Å²) in [6.07, 6.45) is 0. The van der Waals surface area contributed by atoms with Gasteiger partial charge in [0.25, 0.3) is 15.9 Å². The quantitative estimate of drug-likeness (QED) is 0.714. The Balaban J connectivity index is 1.75. The van der Waals surface area contributed by atoms with Gasteiger partial charge >= 0.3 is 5.97 Å². The zero-order valence-corrected chi connectivity index (χ0v) is 13.2. The summed E-state index contributed by atoms with van der Waals surface area (Å²) in [5.74, 6) is -1.57. The normalized spacial score (nSPS) is 10.8. The Morgan fingerprint density at radius 2 is 1.50 bits per heavy atom. The van der Waals surface area contributed by atoms with Crippen LogP contribution in [0.5, 0.6) is 0 Å². The second kappa shape index (κ2) is 8.20. The largest absolute Gasteiger partial charge is 0.354 e. The number of benzene rings is 2. The van der Waals surface area contributed by atoms with E-state index in [-0.39, 0.29) is 4.90 Å². The Labute approximate surface area is 138 Å². The van der Waals surface area contributed by atoms with Crippen LogP contribution in [0.4, 0.5) is 0 Å². The van der Waals surface area contributed by atoms with Crippen LogP contribution >= 0.6 is 0 Å². The third-order valence-corrected chi connectivity index (χ3v) is 3.91. The van der Waals surface area contributed by atoms with Gasteiger partial charge in [-0.3, -0.25) is 9.63 Å². The number of hydrogen-bond donors (Lipinski definition) is 2. The van der Waals surface area contributed by atoms with Crippen LogP contribution in [0.25, 0.3) is 0 Å². The molecule has 0 spiro atoms. The Morgan fingerprint density at radius 3 is 2.12 bits per heavy atom. The van der Waals surface area contributed by atoms with Crippen molar-refractivity contribution in [3.8, 4) is 0 Å². The molecule has 0 aromatic heterocycles. The molecule has 0 aliphatic heterocycles. The fourth-order valence-electron chi connectivity index (χ4n) is 1.59. The highest BCUT2D eigenvalue weighted by Crippen LogP contribution is 2.06. The molecule has 1 amide bonds. The highest BCUT2D eigenvalue weighted by Gasteiger charge is 2.16. The highest BCUT2D eigenvalue weighted by molar-refractivity contribution is 7.89. The first kappa shape index (κ1) is 17.6. The summed E-state index contributed by atoms with van der Waals surface area (Å²) in [5.41, 5.74) is 2.38. The molecule has 126 valence electrons. The summed E-state index contributed by atoms with van der Waals surface area (Å²) >= 11 is 0. The molecular weight excluding hydrogens is 336 g/mol. The molecule has 0 radical (unpaired) electrons. The molecule has 8 nitrogen and oxygen atoms in total. The number of carbonyl (C=O) groups is 2. The van der Waals surface area contributed by atoms with Crippen LogP contribution in [0, 0.1) is 0 Å². The van der Waals surface area contributed by atoms with Crippen LogP contribution < -0.4 is 10.4 Å². The standard InChI is InChI=1S/C15H14N2O6S/c18-14(11-22-16-15(19)12-7-3-1-4-8-12)23-17-24(20,21)13-9-5-2-6-10-13/h1-10,17H,11H2,(H,16,19). The average Bonchev–Trinajstić information content (AvgIpc) is 2.61. The molecule has 0 atom stereocenters. The van der Waals surface area contributed by atoms with Crippen LogP contribution in [0.15, 0.2) is 65.6 Å². The fourth-order valence-corrected chi connectivity index (χ4v) is 2.40. The van der Waals surface area contributed by atoms with E-state index in [2.05, 4.69) is 9.68 Å². The van der Waals surface area contributed by atoms with Gasteiger partial charge in [0.1, 0.15) is 0 Å². The smallest absolute Gasteiger partial charge is 0.353 e. The Bertz CT molecular complexity index is 793. The Hall–Kier alpha value is -2.75. The van der Waals surface area contributed by atoms with Crippen molar-refractivity contribution in [2.75, 3.05) is 6.61 Å². The van der Waals surface area contributed by atoms with E-state index < -0.39 is 28.5 Å². The van der Waals surface area contributed by atoms with Crippen molar-refractivity contribution >= 4 is 21.9 Å². The van der Waals surface area contributed by atoms with Crippen molar-refractivity contribution in [1.82, 2.24) is 10.4 Å². The predicted octanol–water partition coefficient (Wildman–Crippen LogP) is 0.785. The third kappa shape index (κ3) is 5.16. The molecule has 0 bridgehead atoms.